The van der Waals surface area contributed by atoms with Gasteiger partial charge in [-0.15, -0.1) is 0 Å². The Hall–Kier alpha value is -1.97. The van der Waals surface area contributed by atoms with E-state index in [2.05, 4.69) is 11.9 Å². The molecule has 106 valence electrons. The highest BCUT2D eigenvalue weighted by atomic mass is 16.5. The van der Waals surface area contributed by atoms with Crippen LogP contribution in [0.2, 0.25) is 0 Å². The van der Waals surface area contributed by atoms with Gasteiger partial charge in [0.1, 0.15) is 11.2 Å². The quantitative estimate of drug-likeness (QED) is 0.883. The zero-order chi connectivity index (χ0) is 14.5. The van der Waals surface area contributed by atoms with Crippen LogP contribution in [0, 0.1) is 6.92 Å². The van der Waals surface area contributed by atoms with Gasteiger partial charge in [0.25, 0.3) is 0 Å². The molecule has 20 heavy (non-hydrogen) atoms. The van der Waals surface area contributed by atoms with Gasteiger partial charge in [-0.2, -0.15) is 0 Å². The van der Waals surface area contributed by atoms with E-state index in [-0.39, 0.29) is 0 Å². The van der Waals surface area contributed by atoms with Crippen molar-refractivity contribution in [3.05, 3.63) is 29.0 Å². The molecule has 1 unspecified atom stereocenters. The number of carbonyl (C=O) groups is 1. The number of nitrogens with one attached hydrogen (secondary N) is 1. The molecule has 0 amide bonds. The average molecular weight is 273 g/mol. The van der Waals surface area contributed by atoms with Crippen molar-refractivity contribution in [1.82, 2.24) is 4.98 Å². The number of ether oxygens (including phenoxy) is 1. The number of fused-ring (bicyclic) bond motifs is 3. The molecule has 4 heteroatoms. The number of benzene rings is 1. The number of hydrogen-bond acceptors (Lipinski definition) is 2. The van der Waals surface area contributed by atoms with Crippen LogP contribution in [0.15, 0.2) is 12.1 Å². The molecule has 2 aromatic rings. The van der Waals surface area contributed by atoms with E-state index >= 15 is 0 Å². The van der Waals surface area contributed by atoms with Gasteiger partial charge in [-0.3, -0.25) is 4.79 Å². The van der Waals surface area contributed by atoms with Crippen LogP contribution in [0.5, 0.6) is 5.75 Å². The highest BCUT2D eigenvalue weighted by Gasteiger charge is 2.41. The van der Waals surface area contributed by atoms with Crippen molar-refractivity contribution >= 4 is 16.9 Å². The number of aliphatic carboxylic acids is 1. The maximum atomic E-state index is 11.7. The molecule has 4 nitrogen and oxygen atoms in total. The summed E-state index contributed by atoms with van der Waals surface area (Å²) in [4.78, 5) is 15.0. The summed E-state index contributed by atoms with van der Waals surface area (Å²) in [5.74, 6) is 0.00867. The smallest absolute Gasteiger partial charge is 0.315 e. The maximum absolute atomic E-state index is 11.7. The highest BCUT2D eigenvalue weighted by Crippen LogP contribution is 2.43. The van der Waals surface area contributed by atoms with Crippen LogP contribution in [-0.2, 0) is 16.6 Å². The molecule has 1 atom stereocenters. The molecule has 2 N–H and O–H groups in total. The average Bonchev–Trinajstić information content (AvgIpc) is 2.81. The van der Waals surface area contributed by atoms with Crippen molar-refractivity contribution in [3.8, 4) is 5.75 Å². The number of H-pyrrole nitrogens is 1. The van der Waals surface area contributed by atoms with Gasteiger partial charge in [-0.1, -0.05) is 6.07 Å². The first-order chi connectivity index (χ1) is 9.49. The first-order valence-electron chi connectivity index (χ1n) is 6.91. The second-order valence-corrected chi connectivity index (χ2v) is 5.80. The van der Waals surface area contributed by atoms with Crippen LogP contribution >= 0.6 is 0 Å². The predicted octanol–water partition coefficient (Wildman–Crippen LogP) is 3.16. The van der Waals surface area contributed by atoms with Crippen molar-refractivity contribution in [2.75, 3.05) is 7.11 Å². The van der Waals surface area contributed by atoms with Crippen molar-refractivity contribution in [1.29, 1.82) is 0 Å². The summed E-state index contributed by atoms with van der Waals surface area (Å²) in [6.45, 7) is 3.87. The second-order valence-electron chi connectivity index (χ2n) is 5.80. The molecule has 1 aromatic carbocycles. The van der Waals surface area contributed by atoms with E-state index in [0.717, 1.165) is 46.3 Å². The first kappa shape index (κ1) is 13.0. The van der Waals surface area contributed by atoms with E-state index in [9.17, 15) is 9.90 Å². The molecular weight excluding hydrogens is 254 g/mol. The van der Waals surface area contributed by atoms with Gasteiger partial charge >= 0.3 is 5.97 Å². The summed E-state index contributed by atoms with van der Waals surface area (Å²) in [7, 11) is 1.64. The lowest BCUT2D eigenvalue weighted by Gasteiger charge is -2.29. The maximum Gasteiger partial charge on any atom is 0.315 e. The van der Waals surface area contributed by atoms with Crippen LogP contribution in [0.4, 0.5) is 0 Å². The van der Waals surface area contributed by atoms with E-state index in [1.165, 1.54) is 0 Å². The monoisotopic (exact) mass is 273 g/mol. The zero-order valence-electron chi connectivity index (χ0n) is 12.0. The predicted molar refractivity (Wildman–Crippen MR) is 77.5 cm³/mol. The van der Waals surface area contributed by atoms with E-state index in [4.69, 9.17) is 4.74 Å². The summed E-state index contributed by atoms with van der Waals surface area (Å²) in [6.07, 6.45) is 2.50. The van der Waals surface area contributed by atoms with E-state index in [0.29, 0.717) is 6.42 Å². The van der Waals surface area contributed by atoms with Crippen LogP contribution in [-0.4, -0.2) is 23.2 Å². The number of hydrogen-bond donors (Lipinski definition) is 2. The Kier molecular flexibility index (Phi) is 2.78. The minimum Gasteiger partial charge on any atom is -0.495 e. The molecule has 0 bridgehead atoms. The third-order valence-electron chi connectivity index (χ3n) is 4.58. The number of methoxy groups -OCH3 is 1. The summed E-state index contributed by atoms with van der Waals surface area (Å²) < 4.78 is 5.41. The summed E-state index contributed by atoms with van der Waals surface area (Å²) in [6, 6.07) is 3.96. The third-order valence-corrected chi connectivity index (χ3v) is 4.58. The third kappa shape index (κ3) is 1.57. The van der Waals surface area contributed by atoms with Crippen molar-refractivity contribution in [2.45, 2.75) is 38.5 Å². The number of rotatable bonds is 2. The summed E-state index contributed by atoms with van der Waals surface area (Å²) in [5.41, 5.74) is 3.25. The molecule has 0 radical (unpaired) electrons. The van der Waals surface area contributed by atoms with Gasteiger partial charge in [0.15, 0.2) is 0 Å². The minimum absolute atomic E-state index is 0.670. The van der Waals surface area contributed by atoms with Crippen molar-refractivity contribution in [3.63, 3.8) is 0 Å². The largest absolute Gasteiger partial charge is 0.495 e. The Morgan fingerprint density at radius 1 is 1.45 bits per heavy atom. The van der Waals surface area contributed by atoms with E-state index < -0.39 is 11.4 Å². The SMILES string of the molecule is COc1ccc(C)c2c3c([nH]c12)C(C)(C(=O)O)CCC3. The minimum atomic E-state index is -0.829. The van der Waals surface area contributed by atoms with Gasteiger partial charge in [0.2, 0.25) is 0 Å². The molecule has 1 aromatic heterocycles. The molecule has 1 aliphatic carbocycles. The second kappa shape index (κ2) is 4.27. The molecule has 0 aliphatic heterocycles. The van der Waals surface area contributed by atoms with Crippen LogP contribution in [0.1, 0.15) is 36.6 Å². The molecule has 0 fully saturated rings. The fraction of sp³-hybridized carbons (Fsp3) is 0.438. The number of carboxylic acid groups (broad SMARTS) is 1. The molecule has 3 rings (SSSR count). The fourth-order valence-electron chi connectivity index (χ4n) is 3.37. The Morgan fingerprint density at radius 2 is 2.20 bits per heavy atom. The van der Waals surface area contributed by atoms with E-state index in [1.807, 2.05) is 19.1 Å². The normalized spacial score (nSPS) is 21.8. The van der Waals surface area contributed by atoms with Crippen molar-refractivity contribution in [2.24, 2.45) is 0 Å². The Bertz CT molecular complexity index is 701. The Balaban J connectivity index is 2.38. The van der Waals surface area contributed by atoms with Crippen molar-refractivity contribution < 1.29 is 14.6 Å². The lowest BCUT2D eigenvalue weighted by molar-refractivity contribution is -0.143. The van der Waals surface area contributed by atoms with Crippen LogP contribution in [0.25, 0.3) is 10.9 Å². The lowest BCUT2D eigenvalue weighted by Crippen LogP contribution is -2.36. The molecule has 0 saturated heterocycles. The summed E-state index contributed by atoms with van der Waals surface area (Å²) in [5, 5.41) is 10.7. The fourth-order valence-corrected chi connectivity index (χ4v) is 3.37. The Morgan fingerprint density at radius 3 is 2.85 bits per heavy atom. The van der Waals surface area contributed by atoms with Gasteiger partial charge in [-0.25, -0.2) is 0 Å². The van der Waals surface area contributed by atoms with Crippen LogP contribution < -0.4 is 4.74 Å². The number of carboxylic acids is 1. The van der Waals surface area contributed by atoms with Gasteiger partial charge in [0.05, 0.1) is 12.6 Å². The first-order valence-corrected chi connectivity index (χ1v) is 6.91. The van der Waals surface area contributed by atoms with Gasteiger partial charge in [0, 0.05) is 11.1 Å². The zero-order valence-corrected chi connectivity index (χ0v) is 12.0. The number of aryl methyl sites for hydroxylation is 2. The molecule has 0 saturated carbocycles. The lowest BCUT2D eigenvalue weighted by atomic mass is 9.74. The number of aromatic amines is 1. The number of aromatic nitrogens is 1. The van der Waals surface area contributed by atoms with Crippen LogP contribution in [0.3, 0.4) is 0 Å². The molecular formula is C16H19NO3. The van der Waals surface area contributed by atoms with Gasteiger partial charge < -0.3 is 14.8 Å². The summed E-state index contributed by atoms with van der Waals surface area (Å²) >= 11 is 0. The highest BCUT2D eigenvalue weighted by molar-refractivity contribution is 5.95. The standard InChI is InChI=1S/C16H19NO3/c1-9-6-7-11(20-3)13-12(9)10-5-4-8-16(2,15(18)19)14(10)17-13/h6-7,17H,4-5,8H2,1-3H3,(H,18,19). The molecule has 1 heterocycles. The van der Waals surface area contributed by atoms with E-state index in [1.54, 1.807) is 7.11 Å². The molecule has 0 spiro atoms. The van der Waals surface area contributed by atoms with Gasteiger partial charge in [-0.05, 0) is 50.3 Å². The Labute approximate surface area is 117 Å². The topological polar surface area (TPSA) is 62.3 Å². The molecule has 1 aliphatic rings.